The molecule has 0 bridgehead atoms. The molecule has 0 rings (SSSR count). The van der Waals surface area contributed by atoms with E-state index >= 15 is 0 Å². The van der Waals surface area contributed by atoms with Crippen molar-refractivity contribution < 1.29 is 47.6 Å². The Balaban J connectivity index is 0. The van der Waals surface area contributed by atoms with Crippen molar-refractivity contribution >= 4 is 20.2 Å². The van der Waals surface area contributed by atoms with Crippen LogP contribution in [0.4, 0.5) is 0 Å². The predicted molar refractivity (Wildman–Crippen MR) is 29.3 cm³/mol. The average molecular weight is 180 g/mol. The predicted octanol–water partition coefficient (Wildman–Crippen LogP) is -4.21. The van der Waals surface area contributed by atoms with Crippen molar-refractivity contribution in [3.05, 3.63) is 0 Å². The van der Waals surface area contributed by atoms with Crippen LogP contribution in [0.3, 0.4) is 0 Å². The molecule has 0 saturated carbocycles. The van der Waals surface area contributed by atoms with Crippen molar-refractivity contribution in [3.63, 3.8) is 0 Å². The monoisotopic (exact) mass is 180 g/mol. The van der Waals surface area contributed by atoms with Gasteiger partial charge >= 0.3 is 29.6 Å². The Labute approximate surface area is 80.6 Å². The third kappa shape index (κ3) is 12.4. The molecule has 0 spiro atoms. The first kappa shape index (κ1) is 12.9. The molecule has 0 aliphatic heterocycles. The summed E-state index contributed by atoms with van der Waals surface area (Å²) in [5.41, 5.74) is 0. The van der Waals surface area contributed by atoms with Gasteiger partial charge < -0.3 is 9.66 Å². The largest absolute Gasteiger partial charge is 1.00 e. The first-order valence-corrected chi connectivity index (χ1v) is 4.10. The maximum atomic E-state index is 9.87. The molecule has 0 aromatic rings. The van der Waals surface area contributed by atoms with Gasteiger partial charge in [-0.25, -0.2) is 4.21 Å². The molecule has 9 heavy (non-hydrogen) atoms. The SMILES string of the molecule is O=S([O-])(=S)OCCO.[Na+]. The quantitative estimate of drug-likeness (QED) is 0.446. The smallest absolute Gasteiger partial charge is 0.748 e. The Hall–Kier alpha value is 1.25. The summed E-state index contributed by atoms with van der Waals surface area (Å²) in [6, 6.07) is 0. The van der Waals surface area contributed by atoms with Crippen LogP contribution >= 0.6 is 0 Å². The summed E-state index contributed by atoms with van der Waals surface area (Å²) >= 11 is 3.79. The van der Waals surface area contributed by atoms with Crippen LogP contribution in [-0.2, 0) is 24.4 Å². The Kier molecular flexibility index (Phi) is 8.58. The van der Waals surface area contributed by atoms with Crippen molar-refractivity contribution in [3.8, 4) is 0 Å². The van der Waals surface area contributed by atoms with Gasteiger partial charge in [-0.15, -0.1) is 0 Å². The van der Waals surface area contributed by atoms with Gasteiger partial charge in [0.15, 0.2) is 0 Å². The van der Waals surface area contributed by atoms with Crippen LogP contribution in [0.25, 0.3) is 0 Å². The van der Waals surface area contributed by atoms with Gasteiger partial charge in [-0.2, -0.15) is 0 Å². The van der Waals surface area contributed by atoms with Crippen LogP contribution in [0.5, 0.6) is 0 Å². The molecule has 0 heterocycles. The summed E-state index contributed by atoms with van der Waals surface area (Å²) in [6.45, 7) is -0.596. The summed E-state index contributed by atoms with van der Waals surface area (Å²) in [4.78, 5) is 0. The molecule has 0 aliphatic carbocycles. The van der Waals surface area contributed by atoms with E-state index in [4.69, 9.17) is 5.11 Å². The van der Waals surface area contributed by atoms with E-state index in [1.165, 1.54) is 0 Å². The maximum absolute atomic E-state index is 9.87. The van der Waals surface area contributed by atoms with Gasteiger partial charge in [-0.05, 0) is 11.2 Å². The normalized spacial score (nSPS) is 15.8. The van der Waals surface area contributed by atoms with E-state index in [-0.39, 0.29) is 42.8 Å². The van der Waals surface area contributed by atoms with E-state index in [9.17, 15) is 8.76 Å². The van der Waals surface area contributed by atoms with Gasteiger partial charge in [0.25, 0.3) is 0 Å². The summed E-state index contributed by atoms with van der Waals surface area (Å²) in [5, 5.41) is 7.99. The third-order valence-corrected chi connectivity index (χ3v) is 1.06. The van der Waals surface area contributed by atoms with Crippen molar-refractivity contribution in [1.29, 1.82) is 0 Å². The molecular weight excluding hydrogens is 175 g/mol. The molecule has 0 fully saturated rings. The molecule has 0 aliphatic rings. The Morgan fingerprint density at radius 1 is 1.78 bits per heavy atom. The van der Waals surface area contributed by atoms with Gasteiger partial charge in [-0.1, -0.05) is 0 Å². The van der Waals surface area contributed by atoms with Crippen LogP contribution < -0.4 is 29.6 Å². The molecule has 0 amide bonds. The maximum Gasteiger partial charge on any atom is 1.00 e. The fourth-order valence-corrected chi connectivity index (χ4v) is 0.622. The Bertz CT molecular complexity index is 141. The Morgan fingerprint density at radius 3 is 2.33 bits per heavy atom. The first-order chi connectivity index (χ1) is 3.56. The van der Waals surface area contributed by atoms with E-state index in [0.29, 0.717) is 0 Å². The molecule has 0 aromatic carbocycles. The first-order valence-electron chi connectivity index (χ1n) is 1.77. The van der Waals surface area contributed by atoms with Crippen molar-refractivity contribution in [2.45, 2.75) is 0 Å². The van der Waals surface area contributed by atoms with E-state index in [0.717, 1.165) is 0 Å². The third-order valence-electron chi connectivity index (χ3n) is 0.319. The minimum atomic E-state index is -3.76. The minimum absolute atomic E-state index is 0. The zero-order chi connectivity index (χ0) is 6.62. The van der Waals surface area contributed by atoms with E-state index in [2.05, 4.69) is 15.4 Å². The molecule has 0 radical (unpaired) electrons. The molecule has 1 N–H and O–H groups in total. The second-order valence-corrected chi connectivity index (χ2v) is 3.23. The van der Waals surface area contributed by atoms with E-state index < -0.39 is 9.05 Å². The van der Waals surface area contributed by atoms with Crippen molar-refractivity contribution in [2.24, 2.45) is 0 Å². The fraction of sp³-hybridized carbons (Fsp3) is 1.00. The number of hydrogen-bond donors (Lipinski definition) is 1. The number of hydrogen-bond acceptors (Lipinski definition) is 5. The van der Waals surface area contributed by atoms with Gasteiger partial charge in [0.2, 0.25) is 0 Å². The molecule has 4 nitrogen and oxygen atoms in total. The Morgan fingerprint density at radius 2 is 2.22 bits per heavy atom. The standard InChI is InChI=1S/C2H6O4S2.Na/c3-1-2-6-8(4,5)7;/h3H,1-2H2,(H,4,5,7);/q;+1/p-1. The van der Waals surface area contributed by atoms with Gasteiger partial charge in [0.1, 0.15) is 0 Å². The molecule has 1 atom stereocenters. The molecular formula is C2H5NaO4S2. The average Bonchev–Trinajstić information content (AvgIpc) is 1.59. The van der Waals surface area contributed by atoms with Crippen LogP contribution in [0, 0.1) is 0 Å². The van der Waals surface area contributed by atoms with E-state index in [1.54, 1.807) is 0 Å². The van der Waals surface area contributed by atoms with Crippen LogP contribution in [0.2, 0.25) is 0 Å². The van der Waals surface area contributed by atoms with E-state index in [1.807, 2.05) is 0 Å². The fourth-order valence-electron chi connectivity index (χ4n) is 0.139. The molecule has 0 aromatic heterocycles. The molecule has 1 unspecified atom stereocenters. The molecule has 0 saturated heterocycles. The van der Waals surface area contributed by atoms with Crippen molar-refractivity contribution in [2.75, 3.05) is 13.2 Å². The zero-order valence-electron chi connectivity index (χ0n) is 4.90. The van der Waals surface area contributed by atoms with Crippen molar-refractivity contribution in [1.82, 2.24) is 0 Å². The van der Waals surface area contributed by atoms with Gasteiger partial charge in [0, 0.05) is 0 Å². The number of aliphatic hydroxyl groups is 1. The van der Waals surface area contributed by atoms with Crippen LogP contribution in [0.1, 0.15) is 0 Å². The van der Waals surface area contributed by atoms with Gasteiger partial charge in [-0.3, -0.25) is 4.18 Å². The van der Waals surface area contributed by atoms with Crippen LogP contribution in [-0.4, -0.2) is 27.1 Å². The van der Waals surface area contributed by atoms with Crippen LogP contribution in [0.15, 0.2) is 0 Å². The summed E-state index contributed by atoms with van der Waals surface area (Å²) in [6.07, 6.45) is 0. The second-order valence-electron chi connectivity index (χ2n) is 0.954. The molecule has 7 heteroatoms. The summed E-state index contributed by atoms with van der Waals surface area (Å²) < 4.78 is 23.7. The topological polar surface area (TPSA) is 69.6 Å². The van der Waals surface area contributed by atoms with Gasteiger partial charge in [0.05, 0.1) is 22.3 Å². The molecule has 50 valence electrons. The summed E-state index contributed by atoms with van der Waals surface area (Å²) in [5.74, 6) is 0. The zero-order valence-corrected chi connectivity index (χ0v) is 8.54. The number of rotatable bonds is 3. The second kappa shape index (κ2) is 5.99. The minimum Gasteiger partial charge on any atom is -0.748 e. The number of aliphatic hydroxyl groups excluding tert-OH is 1. The summed E-state index contributed by atoms with van der Waals surface area (Å²) in [7, 11) is -3.76.